The summed E-state index contributed by atoms with van der Waals surface area (Å²) < 4.78 is 1.62. The number of hydrogen-bond donors (Lipinski definition) is 0. The lowest BCUT2D eigenvalue weighted by Crippen LogP contribution is -1.97. The third kappa shape index (κ3) is 2.59. The second-order valence-corrected chi connectivity index (χ2v) is 4.78. The van der Waals surface area contributed by atoms with E-state index in [9.17, 15) is 10.1 Å². The maximum absolute atomic E-state index is 10.9. The van der Waals surface area contributed by atoms with Crippen molar-refractivity contribution in [3.63, 3.8) is 0 Å². The van der Waals surface area contributed by atoms with Gasteiger partial charge < -0.3 is 0 Å². The van der Waals surface area contributed by atoms with Crippen LogP contribution in [-0.2, 0) is 7.05 Å². The van der Waals surface area contributed by atoms with Gasteiger partial charge in [-0.15, -0.1) is 0 Å². The highest BCUT2D eigenvalue weighted by Crippen LogP contribution is 2.33. The van der Waals surface area contributed by atoms with Gasteiger partial charge in [0, 0.05) is 7.05 Å². The van der Waals surface area contributed by atoms with Gasteiger partial charge in [0.2, 0.25) is 5.28 Å². The Bertz CT molecular complexity index is 615. The van der Waals surface area contributed by atoms with Crippen molar-refractivity contribution in [2.24, 2.45) is 7.05 Å². The summed E-state index contributed by atoms with van der Waals surface area (Å²) in [6.45, 7) is 1.84. The zero-order chi connectivity index (χ0) is 13.3. The van der Waals surface area contributed by atoms with Gasteiger partial charge in [0.25, 0.3) is 0 Å². The fourth-order valence-electron chi connectivity index (χ4n) is 1.32. The molecule has 2 heterocycles. The Hall–Kier alpha value is -1.67. The molecule has 94 valence electrons. The Morgan fingerprint density at radius 3 is 2.83 bits per heavy atom. The third-order valence-corrected chi connectivity index (χ3v) is 3.33. The monoisotopic (exact) mass is 285 g/mol. The molecule has 0 aliphatic carbocycles. The molecule has 0 radical (unpaired) electrons. The van der Waals surface area contributed by atoms with Crippen LogP contribution in [0.4, 0.5) is 5.69 Å². The molecule has 0 aliphatic rings. The summed E-state index contributed by atoms with van der Waals surface area (Å²) in [5, 5.41) is 15.9. The molecule has 0 aliphatic heterocycles. The van der Waals surface area contributed by atoms with Crippen LogP contribution in [0, 0.1) is 17.0 Å². The van der Waals surface area contributed by atoms with E-state index >= 15 is 0 Å². The van der Waals surface area contributed by atoms with E-state index < -0.39 is 4.92 Å². The Labute approximate surface area is 111 Å². The molecule has 0 unspecified atom stereocenters. The van der Waals surface area contributed by atoms with Gasteiger partial charge in [0.15, 0.2) is 5.03 Å². The van der Waals surface area contributed by atoms with Gasteiger partial charge in [-0.3, -0.25) is 14.8 Å². The number of aryl methyl sites for hydroxylation is 2. The van der Waals surface area contributed by atoms with Gasteiger partial charge in [-0.2, -0.15) is 5.10 Å². The maximum Gasteiger partial charge on any atom is 0.320 e. The van der Waals surface area contributed by atoms with Crippen LogP contribution in [0.25, 0.3) is 0 Å². The lowest BCUT2D eigenvalue weighted by atomic mass is 10.5. The standard InChI is InChI=1S/C9H8ClN5O2S/c1-5-3-7(14(2)13-5)18-8-6(15(16)17)4-11-9(10)12-8/h3-4H,1-2H3. The minimum atomic E-state index is -0.540. The molecule has 18 heavy (non-hydrogen) atoms. The molecular formula is C9H8ClN5O2S. The minimum Gasteiger partial charge on any atom is -0.261 e. The third-order valence-electron chi connectivity index (χ3n) is 2.06. The van der Waals surface area contributed by atoms with Crippen molar-refractivity contribution in [2.75, 3.05) is 0 Å². The summed E-state index contributed by atoms with van der Waals surface area (Å²) >= 11 is 6.78. The molecule has 2 rings (SSSR count). The molecule has 0 fully saturated rings. The van der Waals surface area contributed by atoms with Gasteiger partial charge >= 0.3 is 5.69 Å². The molecular weight excluding hydrogens is 278 g/mol. The Morgan fingerprint density at radius 1 is 1.56 bits per heavy atom. The van der Waals surface area contributed by atoms with Crippen LogP contribution in [0.3, 0.4) is 0 Å². The van der Waals surface area contributed by atoms with Crippen molar-refractivity contribution in [2.45, 2.75) is 17.0 Å². The zero-order valence-electron chi connectivity index (χ0n) is 9.49. The van der Waals surface area contributed by atoms with Crippen molar-refractivity contribution < 1.29 is 4.92 Å². The van der Waals surface area contributed by atoms with Crippen molar-refractivity contribution in [3.05, 3.63) is 33.4 Å². The fourth-order valence-corrected chi connectivity index (χ4v) is 2.47. The first-order valence-corrected chi connectivity index (χ1v) is 6.02. The second-order valence-electron chi connectivity index (χ2n) is 3.44. The number of rotatable bonds is 3. The maximum atomic E-state index is 10.9. The molecule has 7 nitrogen and oxygen atoms in total. The molecule has 0 amide bonds. The molecule has 9 heteroatoms. The number of hydrogen-bond acceptors (Lipinski definition) is 6. The second kappa shape index (κ2) is 4.91. The molecule has 0 bridgehead atoms. The summed E-state index contributed by atoms with van der Waals surface area (Å²) in [5.74, 6) is 0. The van der Waals surface area contributed by atoms with Crippen LogP contribution in [-0.4, -0.2) is 24.7 Å². The fraction of sp³-hybridized carbons (Fsp3) is 0.222. The van der Waals surface area contributed by atoms with Gasteiger partial charge in [0.1, 0.15) is 11.2 Å². The normalized spacial score (nSPS) is 10.6. The predicted molar refractivity (Wildman–Crippen MR) is 65.8 cm³/mol. The first kappa shape index (κ1) is 12.8. The number of nitrogens with zero attached hydrogens (tertiary/aromatic N) is 5. The van der Waals surface area contributed by atoms with Crippen molar-refractivity contribution in [1.82, 2.24) is 19.7 Å². The van der Waals surface area contributed by atoms with Crippen LogP contribution >= 0.6 is 23.4 Å². The first-order valence-electron chi connectivity index (χ1n) is 4.83. The van der Waals surface area contributed by atoms with Crippen LogP contribution in [0.1, 0.15) is 5.69 Å². The Kier molecular flexibility index (Phi) is 3.48. The summed E-state index contributed by atoms with van der Waals surface area (Å²) in [7, 11) is 1.75. The molecule has 0 aromatic carbocycles. The lowest BCUT2D eigenvalue weighted by molar-refractivity contribution is -0.388. The smallest absolute Gasteiger partial charge is 0.261 e. The van der Waals surface area contributed by atoms with Crippen molar-refractivity contribution in [1.29, 1.82) is 0 Å². The van der Waals surface area contributed by atoms with Crippen LogP contribution in [0.2, 0.25) is 5.28 Å². The highest BCUT2D eigenvalue weighted by atomic mass is 35.5. The summed E-state index contributed by atoms with van der Waals surface area (Å²) in [4.78, 5) is 17.8. The largest absolute Gasteiger partial charge is 0.320 e. The Balaban J connectivity index is 2.42. The van der Waals surface area contributed by atoms with Crippen molar-refractivity contribution >= 4 is 29.1 Å². The molecule has 0 saturated carbocycles. The van der Waals surface area contributed by atoms with Gasteiger partial charge in [-0.05, 0) is 36.4 Å². The van der Waals surface area contributed by atoms with E-state index in [-0.39, 0.29) is 16.0 Å². The summed E-state index contributed by atoms with van der Waals surface area (Å²) in [6.07, 6.45) is 1.10. The van der Waals surface area contributed by atoms with E-state index in [2.05, 4.69) is 15.1 Å². The van der Waals surface area contributed by atoms with E-state index in [4.69, 9.17) is 11.6 Å². The first-order chi connectivity index (χ1) is 8.47. The topological polar surface area (TPSA) is 86.7 Å². The Morgan fingerprint density at radius 2 is 2.28 bits per heavy atom. The summed E-state index contributed by atoms with van der Waals surface area (Å²) in [5.41, 5.74) is 0.644. The van der Waals surface area contributed by atoms with Crippen LogP contribution in [0.5, 0.6) is 0 Å². The minimum absolute atomic E-state index is 0.0259. The van der Waals surface area contributed by atoms with Crippen LogP contribution < -0.4 is 0 Å². The molecule has 2 aromatic heterocycles. The van der Waals surface area contributed by atoms with E-state index in [1.807, 2.05) is 13.0 Å². The molecule has 0 N–H and O–H groups in total. The molecule has 0 atom stereocenters. The average Bonchev–Trinajstić information content (AvgIpc) is 2.57. The van der Waals surface area contributed by atoms with E-state index in [1.54, 1.807) is 11.7 Å². The van der Waals surface area contributed by atoms with Gasteiger partial charge in [-0.25, -0.2) is 9.97 Å². The number of aromatic nitrogens is 4. The zero-order valence-corrected chi connectivity index (χ0v) is 11.1. The number of halogens is 1. The van der Waals surface area contributed by atoms with E-state index in [0.29, 0.717) is 0 Å². The van der Waals surface area contributed by atoms with E-state index in [0.717, 1.165) is 28.7 Å². The van der Waals surface area contributed by atoms with Gasteiger partial charge in [0.05, 0.1) is 10.6 Å². The highest BCUT2D eigenvalue weighted by molar-refractivity contribution is 7.99. The van der Waals surface area contributed by atoms with Gasteiger partial charge in [-0.1, -0.05) is 0 Å². The average molecular weight is 286 g/mol. The highest BCUT2D eigenvalue weighted by Gasteiger charge is 2.19. The quantitative estimate of drug-likeness (QED) is 0.372. The lowest BCUT2D eigenvalue weighted by Gasteiger charge is -2.02. The van der Waals surface area contributed by atoms with Crippen LogP contribution in [0.15, 0.2) is 22.3 Å². The van der Waals surface area contributed by atoms with Crippen molar-refractivity contribution in [3.8, 4) is 0 Å². The molecule has 0 spiro atoms. The predicted octanol–water partition coefficient (Wildman–Crippen LogP) is 2.23. The number of nitro groups is 1. The molecule has 2 aromatic rings. The summed E-state index contributed by atoms with van der Waals surface area (Å²) in [6, 6.07) is 1.81. The molecule has 0 saturated heterocycles. The SMILES string of the molecule is Cc1cc(Sc2nc(Cl)ncc2[N+](=O)[O-])n(C)n1. The van der Waals surface area contributed by atoms with E-state index in [1.165, 1.54) is 0 Å².